The van der Waals surface area contributed by atoms with E-state index < -0.39 is 0 Å². The van der Waals surface area contributed by atoms with Gasteiger partial charge in [-0.3, -0.25) is 4.79 Å². The Morgan fingerprint density at radius 3 is 3.00 bits per heavy atom. The lowest BCUT2D eigenvalue weighted by Gasteiger charge is -2.37. The molecule has 21 heavy (non-hydrogen) atoms. The van der Waals surface area contributed by atoms with Gasteiger partial charge in [-0.2, -0.15) is 0 Å². The summed E-state index contributed by atoms with van der Waals surface area (Å²) in [5, 5.41) is 3.35. The van der Waals surface area contributed by atoms with Crippen LogP contribution in [-0.2, 0) is 9.53 Å². The second-order valence-electron chi connectivity index (χ2n) is 5.10. The zero-order chi connectivity index (χ0) is 15.1. The number of hydrogen-bond acceptors (Lipinski definition) is 4. The van der Waals surface area contributed by atoms with Crippen molar-refractivity contribution in [3.05, 3.63) is 29.8 Å². The van der Waals surface area contributed by atoms with E-state index in [1.165, 1.54) is 0 Å². The first-order chi connectivity index (χ1) is 10.3. The van der Waals surface area contributed by atoms with Crippen LogP contribution in [0.5, 0.6) is 5.75 Å². The minimum Gasteiger partial charge on any atom is -0.496 e. The molecular weight excluding hydrogens is 268 g/mol. The standard InChI is InChI=1S/C16H24N2O3/c1-3-10-21-12-16(19)18-9-8-17-11-14(18)13-6-4-5-7-15(13)20-2/h4-7,14,17H,3,8-12H2,1-2H3. The summed E-state index contributed by atoms with van der Waals surface area (Å²) in [7, 11) is 1.66. The lowest BCUT2D eigenvalue weighted by molar-refractivity contribution is -0.139. The van der Waals surface area contributed by atoms with Crippen LogP contribution in [0.3, 0.4) is 0 Å². The molecule has 1 aliphatic rings. The molecule has 1 unspecified atom stereocenters. The van der Waals surface area contributed by atoms with Gasteiger partial charge in [0.05, 0.1) is 13.2 Å². The highest BCUT2D eigenvalue weighted by molar-refractivity contribution is 5.78. The molecule has 0 saturated carbocycles. The third-order valence-electron chi connectivity index (χ3n) is 3.64. The number of para-hydroxylation sites is 1. The van der Waals surface area contributed by atoms with E-state index in [1.807, 2.05) is 36.1 Å². The van der Waals surface area contributed by atoms with Crippen LogP contribution in [0.25, 0.3) is 0 Å². The smallest absolute Gasteiger partial charge is 0.249 e. The van der Waals surface area contributed by atoms with E-state index >= 15 is 0 Å². The molecule has 2 rings (SSSR count). The predicted molar refractivity (Wildman–Crippen MR) is 81.4 cm³/mol. The zero-order valence-electron chi connectivity index (χ0n) is 12.8. The molecule has 5 heteroatoms. The van der Waals surface area contributed by atoms with Gasteiger partial charge in [0.15, 0.2) is 0 Å². The van der Waals surface area contributed by atoms with Gasteiger partial charge in [-0.25, -0.2) is 0 Å². The molecule has 1 fully saturated rings. The van der Waals surface area contributed by atoms with Gasteiger partial charge < -0.3 is 19.7 Å². The molecule has 0 spiro atoms. The molecule has 1 aromatic rings. The summed E-state index contributed by atoms with van der Waals surface area (Å²) < 4.78 is 10.8. The van der Waals surface area contributed by atoms with Crippen molar-refractivity contribution in [1.82, 2.24) is 10.2 Å². The van der Waals surface area contributed by atoms with Crippen molar-refractivity contribution in [2.45, 2.75) is 19.4 Å². The Bertz CT molecular complexity index is 465. The van der Waals surface area contributed by atoms with Gasteiger partial charge in [0.25, 0.3) is 0 Å². The minimum atomic E-state index is -0.00683. The highest BCUT2D eigenvalue weighted by Crippen LogP contribution is 2.30. The molecule has 0 aromatic heterocycles. The van der Waals surface area contributed by atoms with Crippen LogP contribution < -0.4 is 10.1 Å². The van der Waals surface area contributed by atoms with E-state index in [0.717, 1.165) is 30.8 Å². The fraction of sp³-hybridized carbons (Fsp3) is 0.562. The Balaban J connectivity index is 2.13. The van der Waals surface area contributed by atoms with Gasteiger partial charge in [-0.15, -0.1) is 0 Å². The molecule has 1 aliphatic heterocycles. The number of ether oxygens (including phenoxy) is 2. The highest BCUT2D eigenvalue weighted by Gasteiger charge is 2.29. The van der Waals surface area contributed by atoms with Crippen molar-refractivity contribution in [3.63, 3.8) is 0 Å². The number of amides is 1. The molecule has 0 radical (unpaired) electrons. The molecule has 1 N–H and O–H groups in total. The Labute approximate surface area is 126 Å². The number of piperazine rings is 1. The van der Waals surface area contributed by atoms with Crippen molar-refractivity contribution in [2.24, 2.45) is 0 Å². The Hall–Kier alpha value is -1.59. The summed E-state index contributed by atoms with van der Waals surface area (Å²) in [5.74, 6) is 0.860. The van der Waals surface area contributed by atoms with Crippen molar-refractivity contribution in [2.75, 3.05) is 40.0 Å². The van der Waals surface area contributed by atoms with Crippen LogP contribution in [0.15, 0.2) is 24.3 Å². The van der Waals surface area contributed by atoms with Crippen LogP contribution in [0.4, 0.5) is 0 Å². The Morgan fingerprint density at radius 2 is 2.24 bits per heavy atom. The largest absolute Gasteiger partial charge is 0.496 e. The summed E-state index contributed by atoms with van der Waals surface area (Å²) >= 11 is 0. The van der Waals surface area contributed by atoms with E-state index in [1.54, 1.807) is 7.11 Å². The van der Waals surface area contributed by atoms with Gasteiger partial charge in [0.2, 0.25) is 5.91 Å². The zero-order valence-corrected chi connectivity index (χ0v) is 12.8. The number of carbonyl (C=O) groups is 1. The van der Waals surface area contributed by atoms with Gasteiger partial charge >= 0.3 is 0 Å². The maximum Gasteiger partial charge on any atom is 0.249 e. The number of nitrogens with zero attached hydrogens (tertiary/aromatic N) is 1. The Kier molecular flexibility index (Phi) is 6.02. The number of hydrogen-bond donors (Lipinski definition) is 1. The van der Waals surface area contributed by atoms with Gasteiger partial charge in [-0.05, 0) is 12.5 Å². The number of carbonyl (C=O) groups excluding carboxylic acids is 1. The molecule has 1 aromatic carbocycles. The Morgan fingerprint density at radius 1 is 1.43 bits per heavy atom. The van der Waals surface area contributed by atoms with Crippen LogP contribution in [0.1, 0.15) is 24.9 Å². The fourth-order valence-corrected chi connectivity index (χ4v) is 2.61. The summed E-state index contributed by atoms with van der Waals surface area (Å²) in [4.78, 5) is 14.3. The molecular formula is C16H24N2O3. The summed E-state index contributed by atoms with van der Waals surface area (Å²) in [5.41, 5.74) is 1.04. The maximum atomic E-state index is 12.4. The van der Waals surface area contributed by atoms with Gasteiger partial charge in [-0.1, -0.05) is 25.1 Å². The monoisotopic (exact) mass is 292 g/mol. The first-order valence-electron chi connectivity index (χ1n) is 7.48. The van der Waals surface area contributed by atoms with Crippen molar-refractivity contribution in [1.29, 1.82) is 0 Å². The summed E-state index contributed by atoms with van der Waals surface area (Å²) in [6.45, 7) is 5.05. The maximum absolute atomic E-state index is 12.4. The summed E-state index contributed by atoms with van der Waals surface area (Å²) in [6, 6.07) is 7.86. The molecule has 116 valence electrons. The number of benzene rings is 1. The number of rotatable bonds is 6. The topological polar surface area (TPSA) is 50.8 Å². The molecule has 0 bridgehead atoms. The predicted octanol–water partition coefficient (Wildman–Crippen LogP) is 1.59. The van der Waals surface area contributed by atoms with Crippen LogP contribution in [-0.4, -0.2) is 50.8 Å². The second-order valence-corrected chi connectivity index (χ2v) is 5.10. The fourth-order valence-electron chi connectivity index (χ4n) is 2.61. The minimum absolute atomic E-state index is 0.00683. The van der Waals surface area contributed by atoms with E-state index in [9.17, 15) is 4.79 Å². The third kappa shape index (κ3) is 3.95. The lowest BCUT2D eigenvalue weighted by atomic mass is 10.0. The first kappa shape index (κ1) is 15.8. The normalized spacial score (nSPS) is 18.6. The molecule has 0 aliphatic carbocycles. The lowest BCUT2D eigenvalue weighted by Crippen LogP contribution is -2.49. The molecule has 1 amide bonds. The number of methoxy groups -OCH3 is 1. The van der Waals surface area contributed by atoms with E-state index in [0.29, 0.717) is 13.2 Å². The SMILES string of the molecule is CCCOCC(=O)N1CCNCC1c1ccccc1OC. The van der Waals surface area contributed by atoms with Gasteiger partial charge in [0.1, 0.15) is 12.4 Å². The van der Waals surface area contributed by atoms with Gasteiger partial charge in [0, 0.05) is 31.8 Å². The van der Waals surface area contributed by atoms with Crippen LogP contribution in [0, 0.1) is 0 Å². The van der Waals surface area contributed by atoms with Crippen molar-refractivity contribution in [3.8, 4) is 5.75 Å². The van der Waals surface area contributed by atoms with Crippen molar-refractivity contribution >= 4 is 5.91 Å². The molecule has 1 atom stereocenters. The molecule has 1 saturated heterocycles. The van der Waals surface area contributed by atoms with Crippen LogP contribution >= 0.6 is 0 Å². The van der Waals surface area contributed by atoms with Crippen LogP contribution in [0.2, 0.25) is 0 Å². The van der Waals surface area contributed by atoms with Crippen molar-refractivity contribution < 1.29 is 14.3 Å². The molecule has 1 heterocycles. The quantitative estimate of drug-likeness (QED) is 0.809. The van der Waals surface area contributed by atoms with E-state index in [2.05, 4.69) is 5.32 Å². The summed E-state index contributed by atoms with van der Waals surface area (Å²) in [6.07, 6.45) is 0.921. The average Bonchev–Trinajstić information content (AvgIpc) is 2.55. The average molecular weight is 292 g/mol. The van der Waals surface area contributed by atoms with E-state index in [-0.39, 0.29) is 18.6 Å². The first-order valence-corrected chi connectivity index (χ1v) is 7.48. The number of nitrogens with one attached hydrogen (secondary N) is 1. The second kappa shape index (κ2) is 8.00. The molecule has 5 nitrogen and oxygen atoms in total. The van der Waals surface area contributed by atoms with E-state index in [4.69, 9.17) is 9.47 Å². The highest BCUT2D eigenvalue weighted by atomic mass is 16.5. The third-order valence-corrected chi connectivity index (χ3v) is 3.64.